The Morgan fingerprint density at radius 3 is 2.73 bits per heavy atom. The van der Waals surface area contributed by atoms with Crippen LogP contribution in [-0.2, 0) is 30.1 Å². The van der Waals surface area contributed by atoms with E-state index in [0.717, 1.165) is 24.9 Å². The summed E-state index contributed by atoms with van der Waals surface area (Å²) in [5.74, 6) is -2.88. The van der Waals surface area contributed by atoms with Crippen LogP contribution >= 0.6 is 0 Å². The van der Waals surface area contributed by atoms with E-state index < -0.39 is 5.92 Å². The molecule has 4 aliphatic rings. The molecule has 1 aliphatic carbocycles. The number of benzene rings is 1. The van der Waals surface area contributed by atoms with Crippen LogP contribution in [0.15, 0.2) is 30.9 Å². The van der Waals surface area contributed by atoms with Gasteiger partial charge in [-0.1, -0.05) is 18.7 Å². The van der Waals surface area contributed by atoms with Crippen molar-refractivity contribution < 1.29 is 18.3 Å². The number of aryl methyl sites for hydroxylation is 1. The third kappa shape index (κ3) is 5.82. The van der Waals surface area contributed by atoms with Gasteiger partial charge in [-0.05, 0) is 63.4 Å². The average molecular weight is 616 g/mol. The zero-order valence-electron chi connectivity index (χ0n) is 25.8. The van der Waals surface area contributed by atoms with Crippen LogP contribution in [0.3, 0.4) is 0 Å². The van der Waals surface area contributed by atoms with Crippen molar-refractivity contribution in [3.8, 4) is 18.0 Å². The predicted octanol–water partition coefficient (Wildman–Crippen LogP) is 4.53. The molecular formula is C34H39F2N7O2. The first-order chi connectivity index (χ1) is 21.7. The second-order valence-electron chi connectivity index (χ2n) is 12.5. The summed E-state index contributed by atoms with van der Waals surface area (Å²) in [5.41, 5.74) is 4.00. The van der Waals surface area contributed by atoms with Crippen molar-refractivity contribution in [1.29, 1.82) is 10.5 Å². The molecule has 1 amide bonds. The number of nitrogens with zero attached hydrogens (tertiary/aromatic N) is 7. The van der Waals surface area contributed by atoms with E-state index in [1.807, 2.05) is 11.0 Å². The molecule has 2 aromatic rings. The second kappa shape index (κ2) is 12.6. The van der Waals surface area contributed by atoms with Gasteiger partial charge in [-0.2, -0.15) is 10.5 Å². The van der Waals surface area contributed by atoms with Crippen LogP contribution in [-0.4, -0.2) is 79.2 Å². The maximum Gasteiger partial charge on any atom is 0.275 e. The number of hydrogen-bond acceptors (Lipinski definition) is 8. The summed E-state index contributed by atoms with van der Waals surface area (Å²) in [6.07, 6.45) is 4.92. The summed E-state index contributed by atoms with van der Waals surface area (Å²) in [6.45, 7) is 6.98. The number of pyridine rings is 1. The molecule has 236 valence electrons. The summed E-state index contributed by atoms with van der Waals surface area (Å²) >= 11 is 0. The fraction of sp³-hybridized carbons (Fsp3) is 0.529. The number of aromatic nitrogens is 1. The van der Waals surface area contributed by atoms with E-state index in [-0.39, 0.29) is 42.3 Å². The number of carbonyl (C=O) groups is 1. The van der Waals surface area contributed by atoms with Crippen LogP contribution in [0.5, 0.6) is 5.88 Å². The Balaban J connectivity index is 1.40. The smallest absolute Gasteiger partial charge is 0.275 e. The Bertz CT molecular complexity index is 1560. The molecule has 0 unspecified atom stereocenters. The van der Waals surface area contributed by atoms with Gasteiger partial charge in [0, 0.05) is 55.5 Å². The summed E-state index contributed by atoms with van der Waals surface area (Å²) < 4.78 is 36.9. The highest BCUT2D eigenvalue weighted by Crippen LogP contribution is 2.46. The van der Waals surface area contributed by atoms with Gasteiger partial charge in [0.2, 0.25) is 11.8 Å². The number of carbonyl (C=O) groups excluding carboxylic acids is 1. The Morgan fingerprint density at radius 2 is 2.00 bits per heavy atom. The average Bonchev–Trinajstić information content (AvgIpc) is 3.46. The number of alkyl halides is 2. The Labute approximate surface area is 263 Å². The molecule has 0 bridgehead atoms. The number of halogens is 2. The first-order valence-corrected chi connectivity index (χ1v) is 15.8. The summed E-state index contributed by atoms with van der Waals surface area (Å²) in [7, 11) is 2.06. The zero-order chi connectivity index (χ0) is 31.7. The molecule has 4 heterocycles. The summed E-state index contributed by atoms with van der Waals surface area (Å²) in [6, 6.07) is 9.85. The first-order valence-electron chi connectivity index (χ1n) is 15.8. The number of nitriles is 2. The molecule has 0 radical (unpaired) electrons. The molecule has 45 heavy (non-hydrogen) atoms. The quantitative estimate of drug-likeness (QED) is 0.419. The van der Waals surface area contributed by atoms with Crippen LogP contribution in [0, 0.1) is 22.7 Å². The van der Waals surface area contributed by atoms with E-state index in [1.54, 1.807) is 17.0 Å². The maximum atomic E-state index is 15.3. The largest absolute Gasteiger partial charge is 0.475 e. The molecule has 0 saturated carbocycles. The van der Waals surface area contributed by atoms with Crippen molar-refractivity contribution >= 4 is 17.3 Å². The van der Waals surface area contributed by atoms with Crippen molar-refractivity contribution in [3.63, 3.8) is 0 Å². The molecule has 9 nitrogen and oxygen atoms in total. The minimum atomic E-state index is -2.90. The molecule has 1 aromatic carbocycles. The molecule has 0 N–H and O–H groups in total. The lowest BCUT2D eigenvalue weighted by molar-refractivity contribution is -0.128. The number of ether oxygens (including phenoxy) is 1. The normalized spacial score (nSPS) is 22.6. The summed E-state index contributed by atoms with van der Waals surface area (Å²) in [4.78, 5) is 25.5. The number of likely N-dealkylation sites (tertiary alicyclic amines) is 1. The number of rotatable bonds is 7. The lowest BCUT2D eigenvalue weighted by atomic mass is 9.86. The van der Waals surface area contributed by atoms with E-state index in [4.69, 9.17) is 9.72 Å². The van der Waals surface area contributed by atoms with Crippen LogP contribution in [0.1, 0.15) is 60.1 Å². The SMILES string of the molecule is C=CC(=O)N1CCN(c2c(C#N)c(OC[C@@H]3CCCN3C)nc3c2CCN(c2cccc4c2C(F)(F)CCC4)C3)C[C@@H]1CC#N. The van der Waals surface area contributed by atoms with Crippen LogP contribution in [0.2, 0.25) is 0 Å². The van der Waals surface area contributed by atoms with E-state index in [1.165, 1.54) is 6.08 Å². The molecule has 3 aliphatic heterocycles. The third-order valence-corrected chi connectivity index (χ3v) is 9.85. The van der Waals surface area contributed by atoms with Gasteiger partial charge in [0.25, 0.3) is 5.92 Å². The fourth-order valence-corrected chi connectivity index (χ4v) is 7.51. The molecular weight excluding hydrogens is 576 g/mol. The van der Waals surface area contributed by atoms with Gasteiger partial charge in [-0.15, -0.1) is 0 Å². The van der Waals surface area contributed by atoms with Crippen LogP contribution < -0.4 is 14.5 Å². The number of piperazine rings is 1. The monoisotopic (exact) mass is 615 g/mol. The minimum absolute atomic E-state index is 0.122. The highest BCUT2D eigenvalue weighted by Gasteiger charge is 2.41. The topological polar surface area (TPSA) is 99.7 Å². The van der Waals surface area contributed by atoms with Crippen LogP contribution in [0.4, 0.5) is 20.2 Å². The van der Waals surface area contributed by atoms with Crippen molar-refractivity contribution in [2.75, 3.05) is 56.2 Å². The van der Waals surface area contributed by atoms with E-state index >= 15 is 8.78 Å². The fourth-order valence-electron chi connectivity index (χ4n) is 7.51. The van der Waals surface area contributed by atoms with Gasteiger partial charge in [-0.25, -0.2) is 13.8 Å². The van der Waals surface area contributed by atoms with Crippen molar-refractivity contribution in [1.82, 2.24) is 14.8 Å². The Hall–Kier alpha value is -4.22. The molecule has 2 saturated heterocycles. The zero-order valence-corrected chi connectivity index (χ0v) is 25.8. The summed E-state index contributed by atoms with van der Waals surface area (Å²) in [5, 5.41) is 20.1. The molecule has 11 heteroatoms. The Morgan fingerprint density at radius 1 is 1.16 bits per heavy atom. The van der Waals surface area contributed by atoms with Gasteiger partial charge in [0.05, 0.1) is 36.5 Å². The van der Waals surface area contributed by atoms with Gasteiger partial charge >= 0.3 is 0 Å². The number of anilines is 2. The number of amides is 1. The van der Waals surface area contributed by atoms with E-state index in [2.05, 4.69) is 35.6 Å². The number of likely N-dealkylation sites (N-methyl/N-ethyl adjacent to an activating group) is 1. The number of hydrogen-bond donors (Lipinski definition) is 0. The lowest BCUT2D eigenvalue weighted by Crippen LogP contribution is -2.55. The molecule has 0 spiro atoms. The minimum Gasteiger partial charge on any atom is -0.475 e. The predicted molar refractivity (Wildman–Crippen MR) is 166 cm³/mol. The van der Waals surface area contributed by atoms with Gasteiger partial charge in [0.1, 0.15) is 18.2 Å². The first kappa shape index (κ1) is 30.8. The molecule has 6 rings (SSSR count). The van der Waals surface area contributed by atoms with Gasteiger partial charge in [0.15, 0.2) is 0 Å². The van der Waals surface area contributed by atoms with Gasteiger partial charge in [-0.3, -0.25) is 4.79 Å². The third-order valence-electron chi connectivity index (χ3n) is 9.85. The Kier molecular flexibility index (Phi) is 8.65. The maximum absolute atomic E-state index is 15.3. The van der Waals surface area contributed by atoms with Crippen LogP contribution in [0.25, 0.3) is 0 Å². The van der Waals surface area contributed by atoms with Crippen molar-refractivity contribution in [2.45, 2.75) is 69.5 Å². The van der Waals surface area contributed by atoms with Gasteiger partial charge < -0.3 is 24.3 Å². The highest BCUT2D eigenvalue weighted by atomic mass is 19.3. The molecule has 2 fully saturated rings. The van der Waals surface area contributed by atoms with E-state index in [0.29, 0.717) is 86.8 Å². The molecule has 1 aromatic heterocycles. The lowest BCUT2D eigenvalue weighted by Gasteiger charge is -2.43. The standard InChI is InChI=1S/C34H39F2N7O2/c1-3-30(44)43-18-17-42(20-24(43)11-14-37)32-26-12-16-41(29-10-4-7-23-8-5-13-34(35,36)31(23)29)21-28(26)39-33(27(32)19-38)45-22-25-9-6-15-40(25)2/h3-4,7,10,24-25H,1,5-6,8-9,11-13,15-18,20-22H2,2H3/t24-,25-/m0/s1. The van der Waals surface area contributed by atoms with Crippen molar-refractivity contribution in [2.24, 2.45) is 0 Å². The molecule has 2 atom stereocenters. The van der Waals surface area contributed by atoms with E-state index in [9.17, 15) is 15.3 Å². The number of fused-ring (bicyclic) bond motifs is 2. The highest BCUT2D eigenvalue weighted by molar-refractivity contribution is 5.87. The van der Waals surface area contributed by atoms with Crippen molar-refractivity contribution in [3.05, 3.63) is 58.8 Å². The second-order valence-corrected chi connectivity index (χ2v) is 12.5.